The molecule has 4 rings (SSSR count). The van der Waals surface area contributed by atoms with Crippen molar-refractivity contribution >= 4 is 17.6 Å². The first-order chi connectivity index (χ1) is 12.9. The Morgan fingerprint density at radius 3 is 2.56 bits per heavy atom. The minimum Gasteiger partial charge on any atom is -0.327 e. The smallest absolute Gasteiger partial charge is 0.226 e. The Morgan fingerprint density at radius 2 is 1.93 bits per heavy atom. The highest BCUT2D eigenvalue weighted by atomic mass is 16.2. The number of anilines is 1. The van der Waals surface area contributed by atoms with Crippen LogP contribution >= 0.6 is 0 Å². The largest absolute Gasteiger partial charge is 0.327 e. The van der Waals surface area contributed by atoms with Crippen molar-refractivity contribution in [1.82, 2.24) is 20.0 Å². The van der Waals surface area contributed by atoms with Crippen LogP contribution in [0.5, 0.6) is 0 Å². The molecule has 1 aromatic heterocycles. The first-order valence-electron chi connectivity index (χ1n) is 10.2. The third-order valence-electron chi connectivity index (χ3n) is 6.76. The lowest BCUT2D eigenvalue weighted by Gasteiger charge is -2.37. The van der Waals surface area contributed by atoms with Gasteiger partial charge in [0.2, 0.25) is 11.8 Å². The predicted octanol–water partition coefficient (Wildman–Crippen LogP) is 2.46. The molecule has 0 bridgehead atoms. The van der Waals surface area contributed by atoms with Gasteiger partial charge < -0.3 is 15.1 Å². The van der Waals surface area contributed by atoms with Crippen LogP contribution in [0.1, 0.15) is 63.6 Å². The third kappa shape index (κ3) is 3.37. The monoisotopic (exact) mass is 373 g/mol. The second-order valence-electron chi connectivity index (χ2n) is 9.04. The van der Waals surface area contributed by atoms with Gasteiger partial charge in [0.15, 0.2) is 5.82 Å². The highest BCUT2D eigenvalue weighted by Gasteiger charge is 2.45. The van der Waals surface area contributed by atoms with Gasteiger partial charge in [0.05, 0.1) is 17.8 Å². The lowest BCUT2D eigenvalue weighted by Crippen LogP contribution is -2.46. The van der Waals surface area contributed by atoms with E-state index in [0.29, 0.717) is 24.7 Å². The number of carbonyl (C=O) groups excluding carboxylic acids is 2. The van der Waals surface area contributed by atoms with E-state index in [9.17, 15) is 9.59 Å². The average Bonchev–Trinajstić information content (AvgIpc) is 3.10. The molecule has 148 valence electrons. The second kappa shape index (κ2) is 6.93. The topological polar surface area (TPSA) is 81.3 Å². The number of amides is 2. The molecule has 0 radical (unpaired) electrons. The number of nitrogens with zero attached hydrogens (tertiary/aromatic N) is 3. The molecule has 2 amide bonds. The molecule has 3 heterocycles. The zero-order valence-corrected chi connectivity index (χ0v) is 16.7. The molecule has 0 aromatic carbocycles. The van der Waals surface area contributed by atoms with Crippen LogP contribution in [0.25, 0.3) is 0 Å². The number of fused-ring (bicyclic) bond motifs is 1. The van der Waals surface area contributed by atoms with Crippen LogP contribution in [0.2, 0.25) is 0 Å². The fourth-order valence-corrected chi connectivity index (χ4v) is 4.59. The first kappa shape index (κ1) is 18.5. The Kier molecular flexibility index (Phi) is 4.74. The molecular formula is C20H31N5O2. The Morgan fingerprint density at radius 1 is 1.22 bits per heavy atom. The van der Waals surface area contributed by atoms with Gasteiger partial charge in [-0.25, -0.2) is 0 Å². The molecule has 1 saturated carbocycles. The molecular weight excluding hydrogens is 342 g/mol. The number of carbonyl (C=O) groups is 2. The van der Waals surface area contributed by atoms with E-state index in [2.05, 4.69) is 41.3 Å². The van der Waals surface area contributed by atoms with Crippen molar-refractivity contribution in [3.8, 4) is 0 Å². The minimum absolute atomic E-state index is 0.0342. The Hall–Kier alpha value is -1.89. The van der Waals surface area contributed by atoms with Crippen molar-refractivity contribution in [2.24, 2.45) is 11.8 Å². The van der Waals surface area contributed by atoms with Crippen molar-refractivity contribution < 1.29 is 9.59 Å². The maximum atomic E-state index is 13.2. The van der Waals surface area contributed by atoms with E-state index in [1.807, 2.05) is 4.90 Å². The van der Waals surface area contributed by atoms with Gasteiger partial charge in [0.1, 0.15) is 0 Å². The summed E-state index contributed by atoms with van der Waals surface area (Å²) < 4.78 is 0. The summed E-state index contributed by atoms with van der Waals surface area (Å²) >= 11 is 0. The number of hydrogen-bond acceptors (Lipinski definition) is 4. The summed E-state index contributed by atoms with van der Waals surface area (Å²) in [4.78, 5) is 29.8. The molecule has 7 nitrogen and oxygen atoms in total. The minimum atomic E-state index is -0.431. The van der Waals surface area contributed by atoms with Gasteiger partial charge in [0, 0.05) is 17.9 Å². The second-order valence-corrected chi connectivity index (χ2v) is 9.04. The van der Waals surface area contributed by atoms with Crippen molar-refractivity contribution in [3.05, 3.63) is 11.3 Å². The highest BCUT2D eigenvalue weighted by molar-refractivity contribution is 5.91. The fraction of sp³-hybridized carbons (Fsp3) is 0.750. The standard InChI is InChI=1S/C20H31N5O2/c1-20(2)17-15(12-25(20)19(27)14-7-9-24(3)10-8-14)18(23-22-17)21-16(26)11-13-5-4-6-13/h13-14H,4-12H2,1-3H3,(H2,21,22,23,26). The van der Waals surface area contributed by atoms with Gasteiger partial charge in [-0.15, -0.1) is 0 Å². The van der Waals surface area contributed by atoms with Crippen LogP contribution in [-0.4, -0.2) is 51.9 Å². The summed E-state index contributed by atoms with van der Waals surface area (Å²) in [5.74, 6) is 1.47. The SMILES string of the molecule is CN1CCC(C(=O)N2Cc3c(NC(=O)CC4CCC4)n[nH]c3C2(C)C)CC1. The van der Waals surface area contributed by atoms with E-state index in [1.54, 1.807) is 0 Å². The zero-order valence-electron chi connectivity index (χ0n) is 16.7. The predicted molar refractivity (Wildman–Crippen MR) is 103 cm³/mol. The number of H-pyrrole nitrogens is 1. The summed E-state index contributed by atoms with van der Waals surface area (Å²) in [6, 6.07) is 0. The van der Waals surface area contributed by atoms with Gasteiger partial charge in [-0.2, -0.15) is 5.10 Å². The Labute approximate surface area is 160 Å². The zero-order chi connectivity index (χ0) is 19.2. The molecule has 3 aliphatic rings. The van der Waals surface area contributed by atoms with E-state index in [4.69, 9.17) is 0 Å². The van der Waals surface area contributed by atoms with Gasteiger partial charge in [-0.3, -0.25) is 14.7 Å². The van der Waals surface area contributed by atoms with Crippen LogP contribution in [0.15, 0.2) is 0 Å². The van der Waals surface area contributed by atoms with Crippen LogP contribution in [0.4, 0.5) is 5.82 Å². The molecule has 2 fully saturated rings. The molecule has 2 N–H and O–H groups in total. The van der Waals surface area contributed by atoms with Crippen molar-refractivity contribution in [1.29, 1.82) is 0 Å². The van der Waals surface area contributed by atoms with E-state index in [1.165, 1.54) is 6.42 Å². The number of rotatable bonds is 4. The van der Waals surface area contributed by atoms with E-state index >= 15 is 0 Å². The van der Waals surface area contributed by atoms with Gasteiger partial charge in [-0.1, -0.05) is 6.42 Å². The van der Waals surface area contributed by atoms with Gasteiger partial charge >= 0.3 is 0 Å². The van der Waals surface area contributed by atoms with Crippen molar-refractivity contribution in [2.75, 3.05) is 25.5 Å². The third-order valence-corrected chi connectivity index (χ3v) is 6.76. The summed E-state index contributed by atoms with van der Waals surface area (Å²) in [7, 11) is 2.11. The van der Waals surface area contributed by atoms with E-state index in [-0.39, 0.29) is 17.7 Å². The normalized spacial score (nSPS) is 23.1. The van der Waals surface area contributed by atoms with Crippen molar-refractivity contribution in [2.45, 2.75) is 64.5 Å². The van der Waals surface area contributed by atoms with Gasteiger partial charge in [0.25, 0.3) is 0 Å². The maximum Gasteiger partial charge on any atom is 0.226 e. The molecule has 1 aliphatic carbocycles. The summed E-state index contributed by atoms with van der Waals surface area (Å²) in [5.41, 5.74) is 1.48. The molecule has 7 heteroatoms. The van der Waals surface area contributed by atoms with Crippen LogP contribution in [-0.2, 0) is 21.7 Å². The molecule has 0 atom stereocenters. The number of nitrogens with one attached hydrogen (secondary N) is 2. The molecule has 0 unspecified atom stereocenters. The number of aromatic nitrogens is 2. The Bertz CT molecular complexity index is 729. The van der Waals surface area contributed by atoms with Crippen LogP contribution < -0.4 is 5.32 Å². The first-order valence-corrected chi connectivity index (χ1v) is 10.2. The number of piperidine rings is 1. The number of hydrogen-bond donors (Lipinski definition) is 2. The van der Waals surface area contributed by atoms with Crippen LogP contribution in [0.3, 0.4) is 0 Å². The van der Waals surface area contributed by atoms with E-state index < -0.39 is 5.54 Å². The van der Waals surface area contributed by atoms with Crippen LogP contribution in [0, 0.1) is 11.8 Å². The lowest BCUT2D eigenvalue weighted by molar-refractivity contribution is -0.142. The Balaban J connectivity index is 1.46. The molecule has 2 aliphatic heterocycles. The molecule has 1 saturated heterocycles. The summed E-state index contributed by atoms with van der Waals surface area (Å²) in [6.07, 6.45) is 5.94. The molecule has 1 aromatic rings. The highest BCUT2D eigenvalue weighted by Crippen LogP contribution is 2.42. The molecule has 27 heavy (non-hydrogen) atoms. The maximum absolute atomic E-state index is 13.2. The lowest BCUT2D eigenvalue weighted by atomic mass is 9.83. The summed E-state index contributed by atoms with van der Waals surface area (Å²) in [6.45, 7) is 6.58. The average molecular weight is 374 g/mol. The number of aromatic amines is 1. The quantitative estimate of drug-likeness (QED) is 0.849. The fourth-order valence-electron chi connectivity index (χ4n) is 4.59. The number of likely N-dealkylation sites (tertiary alicyclic amines) is 1. The van der Waals surface area contributed by atoms with E-state index in [0.717, 1.165) is 50.0 Å². The van der Waals surface area contributed by atoms with Gasteiger partial charge in [-0.05, 0) is 65.6 Å². The van der Waals surface area contributed by atoms with Crippen molar-refractivity contribution in [3.63, 3.8) is 0 Å². The molecule has 0 spiro atoms. The summed E-state index contributed by atoms with van der Waals surface area (Å²) in [5, 5.41) is 10.4.